The van der Waals surface area contributed by atoms with Crippen LogP contribution in [0.4, 0.5) is 5.95 Å². The van der Waals surface area contributed by atoms with Gasteiger partial charge >= 0.3 is 0 Å². The molecule has 4 rings (SSSR count). The summed E-state index contributed by atoms with van der Waals surface area (Å²) in [5.74, 6) is 2.41. The molecule has 0 bridgehead atoms. The molecular formula is C17H16N6O. The third kappa shape index (κ3) is 2.83. The highest BCUT2D eigenvalue weighted by Gasteiger charge is 2.13. The Morgan fingerprint density at radius 1 is 0.958 bits per heavy atom. The smallest absolute Gasteiger partial charge is 0.257 e. The molecule has 7 nitrogen and oxygen atoms in total. The van der Waals surface area contributed by atoms with Crippen molar-refractivity contribution in [1.29, 1.82) is 0 Å². The van der Waals surface area contributed by atoms with Crippen molar-refractivity contribution in [3.63, 3.8) is 0 Å². The molecule has 3 heterocycles. The Labute approximate surface area is 138 Å². The number of furan rings is 1. The fourth-order valence-electron chi connectivity index (χ4n) is 2.57. The predicted molar refractivity (Wildman–Crippen MR) is 89.2 cm³/mol. The molecule has 0 aliphatic carbocycles. The Hall–Kier alpha value is -3.22. The Morgan fingerprint density at radius 2 is 1.83 bits per heavy atom. The van der Waals surface area contributed by atoms with Crippen molar-refractivity contribution in [3.8, 4) is 11.6 Å². The van der Waals surface area contributed by atoms with E-state index in [0.717, 1.165) is 19.3 Å². The average Bonchev–Trinajstić information content (AvgIpc) is 3.25. The standard InChI is InChI=1S/C17H16N6O/c18-16-19-14(10-4-8-12-6-2-1-3-7-12)20-17-21-15(22-23(16)17)13-9-5-11-24-13/h1-3,5-7,9,11H,4,8,10H2,(H2,18,19,20,21,22). The number of nitrogens with two attached hydrogens (primary N) is 1. The summed E-state index contributed by atoms with van der Waals surface area (Å²) in [5, 5.41) is 4.29. The van der Waals surface area contributed by atoms with Gasteiger partial charge in [-0.2, -0.15) is 19.5 Å². The van der Waals surface area contributed by atoms with Gasteiger partial charge in [-0.05, 0) is 30.5 Å². The molecule has 0 spiro atoms. The van der Waals surface area contributed by atoms with Crippen LogP contribution in [-0.2, 0) is 12.8 Å². The van der Waals surface area contributed by atoms with Crippen molar-refractivity contribution in [1.82, 2.24) is 24.6 Å². The first-order valence-corrected chi connectivity index (χ1v) is 7.76. The Balaban J connectivity index is 1.54. The Kier molecular flexibility index (Phi) is 3.66. The van der Waals surface area contributed by atoms with Crippen LogP contribution in [0.5, 0.6) is 0 Å². The van der Waals surface area contributed by atoms with Crippen LogP contribution in [0, 0.1) is 0 Å². The van der Waals surface area contributed by atoms with Crippen LogP contribution in [0.15, 0.2) is 53.1 Å². The van der Waals surface area contributed by atoms with Crippen molar-refractivity contribution in [2.75, 3.05) is 5.73 Å². The molecule has 0 fully saturated rings. The molecule has 0 saturated carbocycles. The zero-order chi connectivity index (χ0) is 16.4. The van der Waals surface area contributed by atoms with E-state index in [9.17, 15) is 0 Å². The number of rotatable bonds is 5. The fourth-order valence-corrected chi connectivity index (χ4v) is 2.57. The third-order valence-electron chi connectivity index (χ3n) is 3.73. The molecule has 1 aromatic carbocycles. The topological polar surface area (TPSA) is 95.1 Å². The average molecular weight is 320 g/mol. The molecule has 0 atom stereocenters. The van der Waals surface area contributed by atoms with Gasteiger partial charge in [-0.3, -0.25) is 0 Å². The van der Waals surface area contributed by atoms with Gasteiger partial charge in [-0.15, -0.1) is 5.10 Å². The molecule has 120 valence electrons. The number of nitrogens with zero attached hydrogens (tertiary/aromatic N) is 5. The van der Waals surface area contributed by atoms with Gasteiger partial charge < -0.3 is 10.2 Å². The number of aryl methyl sites for hydroxylation is 2. The lowest BCUT2D eigenvalue weighted by Gasteiger charge is -2.03. The van der Waals surface area contributed by atoms with Gasteiger partial charge in [0.2, 0.25) is 11.8 Å². The summed E-state index contributed by atoms with van der Waals surface area (Å²) in [5.41, 5.74) is 7.29. The van der Waals surface area contributed by atoms with Crippen molar-refractivity contribution < 1.29 is 4.42 Å². The number of hydrogen-bond acceptors (Lipinski definition) is 6. The first kappa shape index (κ1) is 14.4. The van der Waals surface area contributed by atoms with Crippen LogP contribution in [-0.4, -0.2) is 24.6 Å². The number of aromatic nitrogens is 5. The first-order valence-electron chi connectivity index (χ1n) is 7.76. The van der Waals surface area contributed by atoms with Gasteiger partial charge in [0.15, 0.2) is 5.76 Å². The number of anilines is 1. The van der Waals surface area contributed by atoms with E-state index in [4.69, 9.17) is 10.2 Å². The molecule has 0 saturated heterocycles. The van der Waals surface area contributed by atoms with Crippen molar-refractivity contribution in [2.45, 2.75) is 19.3 Å². The van der Waals surface area contributed by atoms with E-state index in [1.807, 2.05) is 18.2 Å². The largest absolute Gasteiger partial charge is 0.461 e. The molecule has 2 N–H and O–H groups in total. The van der Waals surface area contributed by atoms with Gasteiger partial charge in [-0.1, -0.05) is 30.3 Å². The van der Waals surface area contributed by atoms with Gasteiger partial charge in [0.1, 0.15) is 5.82 Å². The molecule has 0 aliphatic rings. The summed E-state index contributed by atoms with van der Waals surface area (Å²) in [4.78, 5) is 13.1. The number of hydrogen-bond donors (Lipinski definition) is 1. The summed E-state index contributed by atoms with van der Waals surface area (Å²) >= 11 is 0. The quantitative estimate of drug-likeness (QED) is 0.607. The summed E-state index contributed by atoms with van der Waals surface area (Å²) in [6.07, 6.45) is 4.22. The van der Waals surface area contributed by atoms with Crippen LogP contribution >= 0.6 is 0 Å². The Morgan fingerprint density at radius 3 is 2.62 bits per heavy atom. The summed E-state index contributed by atoms with van der Waals surface area (Å²) in [6.45, 7) is 0. The summed E-state index contributed by atoms with van der Waals surface area (Å²) in [7, 11) is 0. The molecule has 4 aromatic rings. The van der Waals surface area contributed by atoms with E-state index in [1.165, 1.54) is 10.1 Å². The van der Waals surface area contributed by atoms with E-state index in [2.05, 4.69) is 32.2 Å². The second kappa shape index (κ2) is 6.11. The molecule has 0 radical (unpaired) electrons. The minimum Gasteiger partial charge on any atom is -0.461 e. The van der Waals surface area contributed by atoms with Crippen LogP contribution in [0.25, 0.3) is 17.4 Å². The van der Waals surface area contributed by atoms with Gasteiger partial charge in [-0.25, -0.2) is 0 Å². The maximum atomic E-state index is 5.99. The second-order valence-corrected chi connectivity index (χ2v) is 5.46. The lowest BCUT2D eigenvalue weighted by molar-refractivity contribution is 0.577. The molecule has 0 amide bonds. The number of fused-ring (bicyclic) bond motifs is 1. The van der Waals surface area contributed by atoms with E-state index in [-0.39, 0.29) is 5.95 Å². The minimum absolute atomic E-state index is 0.278. The number of benzene rings is 1. The van der Waals surface area contributed by atoms with Gasteiger partial charge in [0.05, 0.1) is 6.26 Å². The molecule has 0 aliphatic heterocycles. The van der Waals surface area contributed by atoms with E-state index < -0.39 is 0 Å². The second-order valence-electron chi connectivity index (χ2n) is 5.46. The van der Waals surface area contributed by atoms with Crippen molar-refractivity contribution in [3.05, 3.63) is 60.1 Å². The molecule has 24 heavy (non-hydrogen) atoms. The minimum atomic E-state index is 0.278. The van der Waals surface area contributed by atoms with Crippen LogP contribution in [0.2, 0.25) is 0 Å². The lowest BCUT2D eigenvalue weighted by Crippen LogP contribution is -2.08. The van der Waals surface area contributed by atoms with E-state index >= 15 is 0 Å². The molecule has 0 unspecified atom stereocenters. The molecule has 3 aromatic heterocycles. The van der Waals surface area contributed by atoms with Gasteiger partial charge in [0.25, 0.3) is 5.78 Å². The maximum Gasteiger partial charge on any atom is 0.257 e. The molecule has 7 heteroatoms. The first-order chi connectivity index (χ1) is 11.8. The zero-order valence-corrected chi connectivity index (χ0v) is 13.0. The maximum absolute atomic E-state index is 5.99. The van der Waals surface area contributed by atoms with Crippen LogP contribution in [0.1, 0.15) is 17.8 Å². The van der Waals surface area contributed by atoms with Crippen molar-refractivity contribution >= 4 is 11.7 Å². The Bertz CT molecular complexity index is 946. The fraction of sp³-hybridized carbons (Fsp3) is 0.176. The van der Waals surface area contributed by atoms with Gasteiger partial charge in [0, 0.05) is 6.42 Å². The predicted octanol–water partition coefficient (Wildman–Crippen LogP) is 2.54. The normalized spacial score (nSPS) is 11.2. The SMILES string of the molecule is Nc1nc(CCCc2ccccc2)nc2nc(-c3ccco3)nn12. The zero-order valence-electron chi connectivity index (χ0n) is 13.0. The lowest BCUT2D eigenvalue weighted by atomic mass is 10.1. The monoisotopic (exact) mass is 320 g/mol. The third-order valence-corrected chi connectivity index (χ3v) is 3.73. The molecular weight excluding hydrogens is 304 g/mol. The summed E-state index contributed by atoms with van der Waals surface area (Å²) in [6, 6.07) is 13.9. The van der Waals surface area contributed by atoms with E-state index in [0.29, 0.717) is 23.2 Å². The number of nitrogen functional groups attached to an aromatic ring is 1. The van der Waals surface area contributed by atoms with E-state index in [1.54, 1.807) is 18.4 Å². The van der Waals surface area contributed by atoms with Crippen LogP contribution < -0.4 is 5.73 Å². The highest BCUT2D eigenvalue weighted by atomic mass is 16.3. The summed E-state index contributed by atoms with van der Waals surface area (Å²) < 4.78 is 6.73. The van der Waals surface area contributed by atoms with Crippen molar-refractivity contribution in [2.24, 2.45) is 0 Å². The highest BCUT2D eigenvalue weighted by Crippen LogP contribution is 2.17. The highest BCUT2D eigenvalue weighted by molar-refractivity contribution is 5.50. The van der Waals surface area contributed by atoms with Crippen LogP contribution in [0.3, 0.4) is 0 Å².